The number of thioether (sulfide) groups is 1. The number of methoxy groups -OCH3 is 2. The van der Waals surface area contributed by atoms with Gasteiger partial charge in [-0.1, -0.05) is 24.8 Å². The smallest absolute Gasteiger partial charge is 0.278 e. The van der Waals surface area contributed by atoms with Crippen molar-refractivity contribution in [3.8, 4) is 11.5 Å². The van der Waals surface area contributed by atoms with Gasteiger partial charge in [0.15, 0.2) is 16.7 Å². The van der Waals surface area contributed by atoms with Gasteiger partial charge in [0, 0.05) is 18.3 Å². The number of fused-ring (bicyclic) bond motifs is 1. The van der Waals surface area contributed by atoms with Crippen LogP contribution in [-0.4, -0.2) is 40.4 Å². The second kappa shape index (κ2) is 9.91. The molecule has 166 valence electrons. The first kappa shape index (κ1) is 22.7. The van der Waals surface area contributed by atoms with Crippen molar-refractivity contribution >= 4 is 28.7 Å². The highest BCUT2D eigenvalue weighted by atomic mass is 32.2. The number of aromatic amines is 1. The number of benzene rings is 1. The Hall–Kier alpha value is -2.94. The maximum atomic E-state index is 13.0. The fraction of sp³-hybridized carbons (Fsp3) is 0.409. The largest absolute Gasteiger partial charge is 0.493 e. The zero-order valence-electron chi connectivity index (χ0n) is 18.4. The van der Waals surface area contributed by atoms with Gasteiger partial charge in [-0.2, -0.15) is 0 Å². The molecule has 0 saturated heterocycles. The molecule has 2 heterocycles. The van der Waals surface area contributed by atoms with Crippen molar-refractivity contribution in [1.82, 2.24) is 19.9 Å². The number of amides is 1. The van der Waals surface area contributed by atoms with E-state index in [1.54, 1.807) is 24.9 Å². The van der Waals surface area contributed by atoms with Crippen LogP contribution in [0.25, 0.3) is 11.0 Å². The normalized spacial score (nSPS) is 12.0. The summed E-state index contributed by atoms with van der Waals surface area (Å²) in [6.45, 7) is 6.25. The molecule has 31 heavy (non-hydrogen) atoms. The number of hydrogen-bond acceptors (Lipinski definition) is 6. The number of aryl methyl sites for hydroxylation is 1. The highest BCUT2D eigenvalue weighted by Crippen LogP contribution is 2.27. The molecule has 0 bridgehead atoms. The zero-order chi connectivity index (χ0) is 22.5. The first-order chi connectivity index (χ1) is 14.9. The van der Waals surface area contributed by atoms with E-state index in [1.165, 1.54) is 11.8 Å². The molecule has 1 aromatic carbocycles. The van der Waals surface area contributed by atoms with Gasteiger partial charge in [0.1, 0.15) is 5.52 Å². The third-order valence-corrected chi connectivity index (χ3v) is 6.04. The lowest BCUT2D eigenvalue weighted by molar-refractivity contribution is -0.118. The van der Waals surface area contributed by atoms with Crippen LogP contribution >= 0.6 is 11.8 Å². The summed E-state index contributed by atoms with van der Waals surface area (Å²) < 4.78 is 12.2. The third-order valence-electron chi connectivity index (χ3n) is 5.09. The van der Waals surface area contributed by atoms with Gasteiger partial charge in [-0.15, -0.1) is 0 Å². The number of carbonyl (C=O) groups is 1. The lowest BCUT2D eigenvalue weighted by Crippen LogP contribution is -2.28. The van der Waals surface area contributed by atoms with Gasteiger partial charge in [0.05, 0.1) is 25.5 Å². The zero-order valence-corrected chi connectivity index (χ0v) is 19.3. The molecule has 0 aliphatic rings. The molecule has 1 amide bonds. The number of carbonyl (C=O) groups excluding carboxylic acids is 1. The molecule has 1 atom stereocenters. The molecule has 0 radical (unpaired) electrons. The lowest BCUT2D eigenvalue weighted by Gasteiger charge is -2.17. The molecule has 0 aliphatic carbocycles. The molecule has 3 aromatic rings. The SMILES string of the molecule is CC[C@@H](C)n1c(SCC(=O)NCc2ccc(OC)c(OC)c2)nc2cc(C)[nH]c2c1=O. The molecular weight excluding hydrogens is 416 g/mol. The Morgan fingerprint density at radius 1 is 1.26 bits per heavy atom. The minimum Gasteiger partial charge on any atom is -0.493 e. The lowest BCUT2D eigenvalue weighted by atomic mass is 10.2. The number of nitrogens with zero attached hydrogens (tertiary/aromatic N) is 2. The third kappa shape index (κ3) is 5.04. The van der Waals surface area contributed by atoms with Crippen molar-refractivity contribution in [1.29, 1.82) is 0 Å². The van der Waals surface area contributed by atoms with Gasteiger partial charge in [-0.25, -0.2) is 4.98 Å². The summed E-state index contributed by atoms with van der Waals surface area (Å²) in [5.74, 6) is 1.26. The van der Waals surface area contributed by atoms with E-state index in [0.29, 0.717) is 34.2 Å². The van der Waals surface area contributed by atoms with Crippen LogP contribution < -0.4 is 20.3 Å². The molecule has 3 rings (SSSR count). The predicted octanol–water partition coefficient (Wildman–Crippen LogP) is 3.43. The summed E-state index contributed by atoms with van der Waals surface area (Å²) >= 11 is 1.27. The molecule has 0 spiro atoms. The van der Waals surface area contributed by atoms with E-state index in [-0.39, 0.29) is 23.3 Å². The van der Waals surface area contributed by atoms with E-state index in [2.05, 4.69) is 15.3 Å². The number of aromatic nitrogens is 3. The maximum Gasteiger partial charge on any atom is 0.278 e. The molecule has 0 fully saturated rings. The number of rotatable bonds is 9. The van der Waals surface area contributed by atoms with E-state index in [4.69, 9.17) is 9.47 Å². The van der Waals surface area contributed by atoms with Crippen molar-refractivity contribution < 1.29 is 14.3 Å². The summed E-state index contributed by atoms with van der Waals surface area (Å²) in [7, 11) is 3.15. The van der Waals surface area contributed by atoms with E-state index >= 15 is 0 Å². The highest BCUT2D eigenvalue weighted by Gasteiger charge is 2.18. The molecule has 8 nitrogen and oxygen atoms in total. The fourth-order valence-corrected chi connectivity index (χ4v) is 4.16. The molecule has 0 saturated carbocycles. The van der Waals surface area contributed by atoms with Crippen LogP contribution in [0.3, 0.4) is 0 Å². The number of hydrogen-bond donors (Lipinski definition) is 2. The van der Waals surface area contributed by atoms with Gasteiger partial charge in [-0.3, -0.25) is 14.2 Å². The molecule has 0 unspecified atom stereocenters. The Kier molecular flexibility index (Phi) is 7.27. The van der Waals surface area contributed by atoms with Crippen LogP contribution in [0.15, 0.2) is 34.2 Å². The fourth-order valence-electron chi connectivity index (χ4n) is 3.24. The van der Waals surface area contributed by atoms with E-state index in [0.717, 1.165) is 17.7 Å². The highest BCUT2D eigenvalue weighted by molar-refractivity contribution is 7.99. The van der Waals surface area contributed by atoms with Crippen molar-refractivity contribution in [2.45, 2.75) is 44.9 Å². The minimum absolute atomic E-state index is 0.0228. The van der Waals surface area contributed by atoms with Gasteiger partial charge in [0.25, 0.3) is 5.56 Å². The van der Waals surface area contributed by atoms with E-state index in [9.17, 15) is 9.59 Å². The summed E-state index contributed by atoms with van der Waals surface area (Å²) in [5.41, 5.74) is 2.79. The number of H-pyrrole nitrogens is 1. The van der Waals surface area contributed by atoms with Crippen LogP contribution in [0.1, 0.15) is 37.6 Å². The van der Waals surface area contributed by atoms with Crippen molar-refractivity contribution in [2.75, 3.05) is 20.0 Å². The Bertz CT molecular complexity index is 1140. The Morgan fingerprint density at radius 3 is 2.68 bits per heavy atom. The molecule has 2 N–H and O–H groups in total. The van der Waals surface area contributed by atoms with Gasteiger partial charge in [0.2, 0.25) is 5.91 Å². The predicted molar refractivity (Wildman–Crippen MR) is 122 cm³/mol. The maximum absolute atomic E-state index is 13.0. The molecule has 0 aliphatic heterocycles. The van der Waals surface area contributed by atoms with Crippen molar-refractivity contribution in [3.05, 3.63) is 45.9 Å². The van der Waals surface area contributed by atoms with Crippen molar-refractivity contribution in [2.24, 2.45) is 0 Å². The van der Waals surface area contributed by atoms with Crippen LogP contribution in [0.5, 0.6) is 11.5 Å². The first-order valence-electron chi connectivity index (χ1n) is 10.1. The van der Waals surface area contributed by atoms with E-state index in [1.807, 2.05) is 39.0 Å². The average molecular weight is 445 g/mol. The van der Waals surface area contributed by atoms with E-state index < -0.39 is 0 Å². The van der Waals surface area contributed by atoms with Gasteiger partial charge < -0.3 is 19.8 Å². The van der Waals surface area contributed by atoms with Crippen LogP contribution in [-0.2, 0) is 11.3 Å². The van der Waals surface area contributed by atoms with Gasteiger partial charge >= 0.3 is 0 Å². The standard InChI is InChI=1S/C22H28N4O4S/c1-6-14(3)26-21(28)20-16(9-13(2)24-20)25-22(26)31-12-19(27)23-11-15-7-8-17(29-4)18(10-15)30-5/h7-10,14,24H,6,11-12H2,1-5H3,(H,23,27)/t14-/m1/s1. The number of ether oxygens (including phenoxy) is 2. The summed E-state index contributed by atoms with van der Waals surface area (Å²) in [6, 6.07) is 7.33. The summed E-state index contributed by atoms with van der Waals surface area (Å²) in [5, 5.41) is 3.45. The average Bonchev–Trinajstić information content (AvgIpc) is 3.16. The topological polar surface area (TPSA) is 98.2 Å². The molecule has 2 aromatic heterocycles. The monoisotopic (exact) mass is 444 g/mol. The quantitative estimate of drug-likeness (QED) is 0.388. The van der Waals surface area contributed by atoms with Crippen LogP contribution in [0, 0.1) is 6.92 Å². The van der Waals surface area contributed by atoms with Crippen molar-refractivity contribution in [3.63, 3.8) is 0 Å². The second-order valence-electron chi connectivity index (χ2n) is 7.29. The second-order valence-corrected chi connectivity index (χ2v) is 8.24. The van der Waals surface area contributed by atoms with Gasteiger partial charge in [-0.05, 0) is 44.0 Å². The van der Waals surface area contributed by atoms with Crippen LogP contribution in [0.4, 0.5) is 0 Å². The Morgan fingerprint density at radius 2 is 2.00 bits per heavy atom. The molecular formula is C22H28N4O4S. The Labute approximate surface area is 185 Å². The minimum atomic E-state index is -0.143. The summed E-state index contributed by atoms with van der Waals surface area (Å²) in [6.07, 6.45) is 0.784. The van der Waals surface area contributed by atoms with Crippen LogP contribution in [0.2, 0.25) is 0 Å². The summed E-state index contributed by atoms with van der Waals surface area (Å²) in [4.78, 5) is 33.2. The first-order valence-corrected chi connectivity index (χ1v) is 11.1. The Balaban J connectivity index is 1.72. The number of nitrogens with one attached hydrogen (secondary N) is 2. The molecule has 9 heteroatoms.